The molecule has 0 unspecified atom stereocenters. The van der Waals surface area contributed by atoms with E-state index in [1.807, 2.05) is 6.92 Å². The molecule has 92 valence electrons. The molecule has 1 heterocycles. The van der Waals surface area contributed by atoms with Crippen LogP contribution in [0.3, 0.4) is 0 Å². The van der Waals surface area contributed by atoms with Gasteiger partial charge in [-0.25, -0.2) is 0 Å². The maximum absolute atomic E-state index is 11.9. The fourth-order valence-electron chi connectivity index (χ4n) is 1.43. The molecule has 0 aliphatic rings. The summed E-state index contributed by atoms with van der Waals surface area (Å²) in [5.74, 6) is -0.267. The van der Waals surface area contributed by atoms with E-state index in [1.165, 1.54) is 6.20 Å². The summed E-state index contributed by atoms with van der Waals surface area (Å²) >= 11 is 5.85. The third-order valence-electron chi connectivity index (χ3n) is 2.44. The smallest absolute Gasteiger partial charge is 0.257 e. The normalized spacial score (nSPS) is 10.1. The molecule has 18 heavy (non-hydrogen) atoms. The highest BCUT2D eigenvalue weighted by Gasteiger charge is 2.08. The van der Waals surface area contributed by atoms with Crippen molar-refractivity contribution in [3.8, 4) is 0 Å². The van der Waals surface area contributed by atoms with Crippen LogP contribution >= 0.6 is 11.6 Å². The van der Waals surface area contributed by atoms with E-state index in [2.05, 4.69) is 10.3 Å². The number of nitrogens with one attached hydrogen (secondary N) is 1. The highest BCUT2D eigenvalue weighted by Crippen LogP contribution is 2.23. The van der Waals surface area contributed by atoms with Gasteiger partial charge < -0.3 is 11.1 Å². The molecular weight excluding hydrogens is 250 g/mol. The van der Waals surface area contributed by atoms with Gasteiger partial charge in [0.15, 0.2) is 0 Å². The quantitative estimate of drug-likeness (QED) is 0.817. The molecule has 0 fully saturated rings. The van der Waals surface area contributed by atoms with E-state index in [-0.39, 0.29) is 5.91 Å². The number of carbonyl (C=O) groups excluding carboxylic acids is 1. The highest BCUT2D eigenvalue weighted by molar-refractivity contribution is 6.31. The topological polar surface area (TPSA) is 68.0 Å². The minimum atomic E-state index is -0.267. The van der Waals surface area contributed by atoms with E-state index < -0.39 is 0 Å². The Morgan fingerprint density at radius 2 is 2.11 bits per heavy atom. The van der Waals surface area contributed by atoms with Gasteiger partial charge in [0.25, 0.3) is 5.91 Å². The summed E-state index contributed by atoms with van der Waals surface area (Å²) < 4.78 is 0. The van der Waals surface area contributed by atoms with Gasteiger partial charge in [0.2, 0.25) is 0 Å². The molecule has 0 aliphatic heterocycles. The third-order valence-corrected chi connectivity index (χ3v) is 2.67. The Hall–Kier alpha value is -2.07. The fourth-order valence-corrected chi connectivity index (χ4v) is 1.61. The molecule has 0 aliphatic carbocycles. The van der Waals surface area contributed by atoms with Crippen LogP contribution in [0.5, 0.6) is 0 Å². The maximum Gasteiger partial charge on any atom is 0.257 e. The Morgan fingerprint density at radius 1 is 1.33 bits per heavy atom. The van der Waals surface area contributed by atoms with Gasteiger partial charge >= 0.3 is 0 Å². The minimum Gasteiger partial charge on any atom is -0.397 e. The monoisotopic (exact) mass is 261 g/mol. The number of pyridine rings is 1. The van der Waals surface area contributed by atoms with Crippen molar-refractivity contribution in [2.45, 2.75) is 6.92 Å². The average Bonchev–Trinajstić information content (AvgIpc) is 2.34. The average molecular weight is 262 g/mol. The first-order chi connectivity index (χ1) is 8.56. The molecular formula is C13H12ClN3O. The molecule has 2 aromatic rings. The van der Waals surface area contributed by atoms with Crippen LogP contribution in [0.25, 0.3) is 0 Å². The summed E-state index contributed by atoms with van der Waals surface area (Å²) in [7, 11) is 0. The number of nitrogens with two attached hydrogens (primary N) is 1. The molecule has 0 saturated carbocycles. The number of hydrogen-bond donors (Lipinski definition) is 2. The Kier molecular flexibility index (Phi) is 3.48. The zero-order valence-electron chi connectivity index (χ0n) is 9.77. The van der Waals surface area contributed by atoms with Crippen molar-refractivity contribution in [3.05, 3.63) is 52.8 Å². The molecule has 1 amide bonds. The maximum atomic E-state index is 11.9. The van der Waals surface area contributed by atoms with Crippen LogP contribution in [-0.4, -0.2) is 10.9 Å². The van der Waals surface area contributed by atoms with Gasteiger partial charge in [-0.3, -0.25) is 9.78 Å². The van der Waals surface area contributed by atoms with E-state index in [9.17, 15) is 4.79 Å². The SMILES string of the molecule is Cc1ccc(C(=O)Nc2cc(Cl)ccc2N)cn1. The van der Waals surface area contributed by atoms with Crippen LogP contribution in [0.15, 0.2) is 36.5 Å². The lowest BCUT2D eigenvalue weighted by molar-refractivity contribution is 0.102. The number of amides is 1. The van der Waals surface area contributed by atoms with E-state index in [1.54, 1.807) is 30.3 Å². The number of anilines is 2. The highest BCUT2D eigenvalue weighted by atomic mass is 35.5. The van der Waals surface area contributed by atoms with Crippen molar-refractivity contribution in [3.63, 3.8) is 0 Å². The molecule has 1 aromatic carbocycles. The Morgan fingerprint density at radius 3 is 2.78 bits per heavy atom. The van der Waals surface area contributed by atoms with Gasteiger partial charge in [-0.05, 0) is 37.3 Å². The van der Waals surface area contributed by atoms with Gasteiger partial charge in [0.05, 0.1) is 16.9 Å². The molecule has 0 saturated heterocycles. The number of benzene rings is 1. The zero-order chi connectivity index (χ0) is 13.1. The van der Waals surface area contributed by atoms with Crippen LogP contribution < -0.4 is 11.1 Å². The van der Waals surface area contributed by atoms with Gasteiger partial charge in [-0.15, -0.1) is 0 Å². The molecule has 1 aromatic heterocycles. The molecule has 3 N–H and O–H groups in total. The second-order valence-electron chi connectivity index (χ2n) is 3.87. The molecule has 0 atom stereocenters. The second-order valence-corrected chi connectivity index (χ2v) is 4.31. The Bertz CT molecular complexity index is 581. The summed E-state index contributed by atoms with van der Waals surface area (Å²) in [6.45, 7) is 1.86. The van der Waals surface area contributed by atoms with Crippen LogP contribution in [0.2, 0.25) is 5.02 Å². The summed E-state index contributed by atoms with van der Waals surface area (Å²) in [6, 6.07) is 8.40. The molecule has 0 bridgehead atoms. The number of rotatable bonds is 2. The van der Waals surface area contributed by atoms with Crippen molar-refractivity contribution in [1.82, 2.24) is 4.98 Å². The van der Waals surface area contributed by atoms with Crippen molar-refractivity contribution in [1.29, 1.82) is 0 Å². The number of aromatic nitrogens is 1. The van der Waals surface area contributed by atoms with Crippen molar-refractivity contribution in [2.24, 2.45) is 0 Å². The minimum absolute atomic E-state index is 0.267. The van der Waals surface area contributed by atoms with E-state index in [0.717, 1.165) is 5.69 Å². The standard InChI is InChI=1S/C13H12ClN3O/c1-8-2-3-9(7-16-8)13(18)17-12-6-10(14)4-5-11(12)15/h2-7H,15H2,1H3,(H,17,18). The molecule has 5 heteroatoms. The largest absolute Gasteiger partial charge is 0.397 e. The van der Waals surface area contributed by atoms with Crippen LogP contribution in [-0.2, 0) is 0 Å². The number of carbonyl (C=O) groups is 1. The first kappa shape index (κ1) is 12.4. The van der Waals surface area contributed by atoms with E-state index >= 15 is 0 Å². The van der Waals surface area contributed by atoms with Gasteiger partial charge in [-0.1, -0.05) is 11.6 Å². The second kappa shape index (κ2) is 5.06. The lowest BCUT2D eigenvalue weighted by Crippen LogP contribution is -2.13. The number of halogens is 1. The number of aryl methyl sites for hydroxylation is 1. The first-order valence-corrected chi connectivity index (χ1v) is 5.73. The van der Waals surface area contributed by atoms with Gasteiger partial charge in [-0.2, -0.15) is 0 Å². The molecule has 0 radical (unpaired) electrons. The van der Waals surface area contributed by atoms with Crippen LogP contribution in [0.1, 0.15) is 16.1 Å². The van der Waals surface area contributed by atoms with Crippen LogP contribution in [0, 0.1) is 6.92 Å². The summed E-state index contributed by atoms with van der Waals surface area (Å²) in [5, 5.41) is 3.21. The lowest BCUT2D eigenvalue weighted by atomic mass is 10.2. The summed E-state index contributed by atoms with van der Waals surface area (Å²) in [4.78, 5) is 16.0. The molecule has 4 nitrogen and oxygen atoms in total. The van der Waals surface area contributed by atoms with E-state index in [0.29, 0.717) is 22.0 Å². The fraction of sp³-hybridized carbons (Fsp3) is 0.0769. The Labute approximate surface area is 110 Å². The summed E-state index contributed by atoms with van der Waals surface area (Å²) in [5.41, 5.74) is 8.04. The lowest BCUT2D eigenvalue weighted by Gasteiger charge is -2.08. The van der Waals surface area contributed by atoms with Gasteiger partial charge in [0, 0.05) is 16.9 Å². The predicted octanol–water partition coefficient (Wildman–Crippen LogP) is 2.88. The number of nitrogen functional groups attached to an aromatic ring is 1. The first-order valence-electron chi connectivity index (χ1n) is 5.35. The number of nitrogens with zero attached hydrogens (tertiary/aromatic N) is 1. The van der Waals surface area contributed by atoms with Gasteiger partial charge in [0.1, 0.15) is 0 Å². The molecule has 2 rings (SSSR count). The summed E-state index contributed by atoms with van der Waals surface area (Å²) in [6.07, 6.45) is 1.52. The molecule has 0 spiro atoms. The van der Waals surface area contributed by atoms with Crippen molar-refractivity contribution < 1.29 is 4.79 Å². The van der Waals surface area contributed by atoms with Crippen molar-refractivity contribution in [2.75, 3.05) is 11.1 Å². The third kappa shape index (κ3) is 2.78. The number of hydrogen-bond acceptors (Lipinski definition) is 3. The predicted molar refractivity (Wildman–Crippen MR) is 72.8 cm³/mol. The Balaban J connectivity index is 2.21. The van der Waals surface area contributed by atoms with Crippen LogP contribution in [0.4, 0.5) is 11.4 Å². The zero-order valence-corrected chi connectivity index (χ0v) is 10.5. The van der Waals surface area contributed by atoms with Crippen molar-refractivity contribution >= 4 is 28.9 Å². The van der Waals surface area contributed by atoms with E-state index in [4.69, 9.17) is 17.3 Å².